The van der Waals surface area contributed by atoms with Crippen LogP contribution in [0.15, 0.2) is 30.3 Å². The number of hydrazine groups is 1. The lowest BCUT2D eigenvalue weighted by atomic mass is 9.48. The third-order valence-corrected chi connectivity index (χ3v) is 6.78. The second-order valence-corrected chi connectivity index (χ2v) is 8.27. The average Bonchev–Trinajstić information content (AvgIpc) is 2.64. The molecule has 5 nitrogen and oxygen atoms in total. The molecule has 0 radical (unpaired) electrons. The molecule has 0 unspecified atom stereocenters. The van der Waals surface area contributed by atoms with Crippen molar-refractivity contribution in [1.82, 2.24) is 10.9 Å². The van der Waals surface area contributed by atoms with E-state index in [1.54, 1.807) is 12.1 Å². The minimum Gasteiger partial charge on any atom is -0.466 e. The summed E-state index contributed by atoms with van der Waals surface area (Å²) < 4.78 is 5.27. The second-order valence-electron chi connectivity index (χ2n) is 8.27. The fourth-order valence-electron chi connectivity index (χ4n) is 5.85. The monoisotopic (exact) mass is 356 g/mol. The minimum absolute atomic E-state index is 0.150. The zero-order valence-electron chi connectivity index (χ0n) is 15.4. The summed E-state index contributed by atoms with van der Waals surface area (Å²) in [7, 11) is 0. The van der Waals surface area contributed by atoms with Crippen molar-refractivity contribution < 1.29 is 14.3 Å². The molecule has 5 heteroatoms. The molecule has 4 aliphatic rings. The van der Waals surface area contributed by atoms with Crippen LogP contribution in [0.25, 0.3) is 0 Å². The SMILES string of the molecule is CCOC(=O)CC1(NNC(=O)c2ccccc2)C2CC3CC(C2)CC1C3. The first kappa shape index (κ1) is 17.5. The molecule has 2 N–H and O–H groups in total. The molecule has 1 aromatic carbocycles. The van der Waals surface area contributed by atoms with Crippen LogP contribution in [-0.2, 0) is 9.53 Å². The van der Waals surface area contributed by atoms with Gasteiger partial charge in [0.2, 0.25) is 0 Å². The number of carbonyl (C=O) groups is 2. The molecule has 5 rings (SSSR count). The number of rotatable bonds is 6. The Labute approximate surface area is 154 Å². The number of hydrogen-bond acceptors (Lipinski definition) is 4. The highest BCUT2D eigenvalue weighted by Crippen LogP contribution is 2.59. The maximum atomic E-state index is 12.5. The van der Waals surface area contributed by atoms with Gasteiger partial charge < -0.3 is 4.74 Å². The lowest BCUT2D eigenvalue weighted by molar-refractivity contribution is -0.152. The third-order valence-electron chi connectivity index (χ3n) is 6.78. The van der Waals surface area contributed by atoms with Gasteiger partial charge in [-0.3, -0.25) is 15.0 Å². The van der Waals surface area contributed by atoms with Gasteiger partial charge in [-0.1, -0.05) is 18.2 Å². The number of benzene rings is 1. The van der Waals surface area contributed by atoms with Gasteiger partial charge in [-0.25, -0.2) is 5.43 Å². The van der Waals surface area contributed by atoms with Crippen molar-refractivity contribution in [2.45, 2.75) is 51.0 Å². The van der Waals surface area contributed by atoms with Crippen LogP contribution in [0.1, 0.15) is 55.8 Å². The lowest BCUT2D eigenvalue weighted by Crippen LogP contribution is -2.69. The highest BCUT2D eigenvalue weighted by molar-refractivity contribution is 5.93. The van der Waals surface area contributed by atoms with Crippen LogP contribution >= 0.6 is 0 Å². The number of nitrogens with one attached hydrogen (secondary N) is 2. The molecule has 140 valence electrons. The van der Waals surface area contributed by atoms with E-state index in [1.165, 1.54) is 6.42 Å². The molecule has 4 aliphatic carbocycles. The van der Waals surface area contributed by atoms with E-state index in [9.17, 15) is 9.59 Å². The molecule has 1 aromatic rings. The summed E-state index contributed by atoms with van der Waals surface area (Å²) in [6, 6.07) is 9.19. The summed E-state index contributed by atoms with van der Waals surface area (Å²) >= 11 is 0. The molecule has 1 amide bonds. The Morgan fingerprint density at radius 1 is 1.04 bits per heavy atom. The highest BCUT2D eigenvalue weighted by atomic mass is 16.5. The van der Waals surface area contributed by atoms with E-state index in [0.717, 1.165) is 37.5 Å². The first-order chi connectivity index (χ1) is 12.6. The number of esters is 1. The van der Waals surface area contributed by atoms with Gasteiger partial charge in [0.25, 0.3) is 5.91 Å². The van der Waals surface area contributed by atoms with Crippen LogP contribution in [0.3, 0.4) is 0 Å². The van der Waals surface area contributed by atoms with Crippen molar-refractivity contribution in [1.29, 1.82) is 0 Å². The van der Waals surface area contributed by atoms with Crippen molar-refractivity contribution >= 4 is 11.9 Å². The van der Waals surface area contributed by atoms with E-state index >= 15 is 0 Å². The van der Waals surface area contributed by atoms with E-state index < -0.39 is 0 Å². The van der Waals surface area contributed by atoms with Crippen molar-refractivity contribution in [2.24, 2.45) is 23.7 Å². The quantitative estimate of drug-likeness (QED) is 0.607. The first-order valence-electron chi connectivity index (χ1n) is 9.89. The molecule has 0 heterocycles. The Balaban J connectivity index is 1.54. The topological polar surface area (TPSA) is 67.4 Å². The number of hydrogen-bond donors (Lipinski definition) is 2. The Hall–Kier alpha value is -1.88. The first-order valence-corrected chi connectivity index (χ1v) is 9.89. The van der Waals surface area contributed by atoms with Crippen molar-refractivity contribution in [2.75, 3.05) is 6.61 Å². The molecule has 4 bridgehead atoms. The third kappa shape index (κ3) is 3.13. The van der Waals surface area contributed by atoms with Crippen molar-refractivity contribution in [3.8, 4) is 0 Å². The summed E-state index contributed by atoms with van der Waals surface area (Å²) in [5.74, 6) is 2.13. The molecule has 4 fully saturated rings. The minimum atomic E-state index is -0.371. The molecule has 26 heavy (non-hydrogen) atoms. The molecule has 0 aliphatic heterocycles. The zero-order valence-corrected chi connectivity index (χ0v) is 15.4. The van der Waals surface area contributed by atoms with Crippen molar-refractivity contribution in [3.05, 3.63) is 35.9 Å². The second kappa shape index (κ2) is 7.03. The van der Waals surface area contributed by atoms with Crippen LogP contribution in [-0.4, -0.2) is 24.0 Å². The van der Waals surface area contributed by atoms with E-state index in [-0.39, 0.29) is 17.4 Å². The molecule has 0 atom stereocenters. The molecular weight excluding hydrogens is 328 g/mol. The summed E-state index contributed by atoms with van der Waals surface area (Å²) in [5.41, 5.74) is 6.53. The molecule has 0 spiro atoms. The highest BCUT2D eigenvalue weighted by Gasteiger charge is 2.58. The molecule has 4 saturated carbocycles. The van der Waals surface area contributed by atoms with Crippen LogP contribution in [0, 0.1) is 23.7 Å². The van der Waals surface area contributed by atoms with Gasteiger partial charge in [-0.05, 0) is 74.8 Å². The van der Waals surface area contributed by atoms with Gasteiger partial charge in [0, 0.05) is 5.56 Å². The number of ether oxygens (including phenoxy) is 1. The Bertz CT molecular complexity index is 645. The maximum Gasteiger partial charge on any atom is 0.307 e. The van der Waals surface area contributed by atoms with E-state index in [0.29, 0.717) is 30.4 Å². The van der Waals surface area contributed by atoms with Gasteiger partial charge in [0.05, 0.1) is 18.6 Å². The van der Waals surface area contributed by atoms with Crippen LogP contribution in [0.4, 0.5) is 0 Å². The number of carbonyl (C=O) groups excluding carboxylic acids is 2. The fourth-order valence-corrected chi connectivity index (χ4v) is 5.85. The Morgan fingerprint density at radius 2 is 1.65 bits per heavy atom. The van der Waals surface area contributed by atoms with Gasteiger partial charge >= 0.3 is 5.97 Å². The predicted octanol–water partition coefficient (Wildman–Crippen LogP) is 3.07. The maximum absolute atomic E-state index is 12.5. The van der Waals surface area contributed by atoms with Gasteiger partial charge in [-0.15, -0.1) is 0 Å². The normalized spacial score (nSPS) is 34.5. The number of amides is 1. The smallest absolute Gasteiger partial charge is 0.307 e. The van der Waals surface area contributed by atoms with E-state index in [1.807, 2.05) is 25.1 Å². The predicted molar refractivity (Wildman–Crippen MR) is 98.1 cm³/mol. The average molecular weight is 356 g/mol. The Morgan fingerprint density at radius 3 is 2.23 bits per heavy atom. The fraction of sp³-hybridized carbons (Fsp3) is 0.619. The van der Waals surface area contributed by atoms with Crippen molar-refractivity contribution in [3.63, 3.8) is 0 Å². The van der Waals surface area contributed by atoms with E-state index in [4.69, 9.17) is 4.74 Å². The standard InChI is InChI=1S/C21H28N2O3/c1-2-26-19(24)13-21(23-22-20(25)16-6-4-3-5-7-16)17-9-14-8-15(11-17)12-18(21)10-14/h3-7,14-15,17-18,23H,2,8-13H2,1H3,(H,22,25). The molecule has 0 saturated heterocycles. The summed E-state index contributed by atoms with van der Waals surface area (Å²) in [6.45, 7) is 2.23. The summed E-state index contributed by atoms with van der Waals surface area (Å²) in [6.07, 6.45) is 6.30. The summed E-state index contributed by atoms with van der Waals surface area (Å²) in [5, 5.41) is 0. The molecule has 0 aromatic heterocycles. The lowest BCUT2D eigenvalue weighted by Gasteiger charge is -2.61. The van der Waals surface area contributed by atoms with Crippen LogP contribution in [0.5, 0.6) is 0 Å². The van der Waals surface area contributed by atoms with Crippen LogP contribution in [0.2, 0.25) is 0 Å². The van der Waals surface area contributed by atoms with Gasteiger partial charge in [0.15, 0.2) is 0 Å². The summed E-state index contributed by atoms with van der Waals surface area (Å²) in [4.78, 5) is 24.9. The van der Waals surface area contributed by atoms with Gasteiger partial charge in [0.1, 0.15) is 0 Å². The van der Waals surface area contributed by atoms with E-state index in [2.05, 4.69) is 10.9 Å². The largest absolute Gasteiger partial charge is 0.466 e. The van der Waals surface area contributed by atoms with Gasteiger partial charge in [-0.2, -0.15) is 0 Å². The molecular formula is C21H28N2O3. The Kier molecular flexibility index (Phi) is 4.74. The van der Waals surface area contributed by atoms with Crippen LogP contribution < -0.4 is 10.9 Å². The zero-order chi connectivity index (χ0) is 18.1.